The van der Waals surface area contributed by atoms with E-state index in [9.17, 15) is 9.18 Å². The van der Waals surface area contributed by atoms with Crippen LogP contribution in [0.15, 0.2) is 48.5 Å². The van der Waals surface area contributed by atoms with Crippen LogP contribution in [0, 0.1) is 5.82 Å². The molecule has 0 radical (unpaired) electrons. The molecule has 0 aliphatic heterocycles. The highest BCUT2D eigenvalue weighted by atomic mass is 35.5. The number of benzene rings is 3. The summed E-state index contributed by atoms with van der Waals surface area (Å²) in [4.78, 5) is 11.1. The first-order chi connectivity index (χ1) is 14.8. The Labute approximate surface area is 193 Å². The number of halogens is 4. The van der Waals surface area contributed by atoms with Crippen LogP contribution in [0.4, 0.5) is 10.1 Å². The van der Waals surface area contributed by atoms with Gasteiger partial charge in [-0.1, -0.05) is 40.9 Å². The smallest absolute Gasteiger partial charge is 0.337 e. The Morgan fingerprint density at radius 3 is 2.35 bits per heavy atom. The summed E-state index contributed by atoms with van der Waals surface area (Å²) in [6.45, 7) is 0.444. The lowest BCUT2D eigenvalue weighted by Crippen LogP contribution is -2.04. The number of carboxylic acid groups (broad SMARTS) is 1. The van der Waals surface area contributed by atoms with Gasteiger partial charge in [0.15, 0.2) is 11.5 Å². The van der Waals surface area contributed by atoms with Crippen molar-refractivity contribution in [1.82, 2.24) is 0 Å². The molecule has 0 amide bonds. The van der Waals surface area contributed by atoms with Crippen LogP contribution in [0.3, 0.4) is 0 Å². The monoisotopic (exact) mass is 483 g/mol. The van der Waals surface area contributed by atoms with Crippen molar-refractivity contribution in [2.75, 3.05) is 12.4 Å². The van der Waals surface area contributed by atoms with Gasteiger partial charge in [0.1, 0.15) is 12.4 Å². The standard InChI is InChI=1S/C22H17Cl3FNO4/c1-30-20-6-13(10-27-15-4-5-16(22(28)29)19(25)8-15)18(24)9-21(20)31-11-12-2-3-14(26)7-17(12)23/h2-9,27H,10-11H2,1H3,(H,28,29). The second-order valence-electron chi connectivity index (χ2n) is 6.47. The molecular weight excluding hydrogens is 468 g/mol. The molecule has 0 saturated carbocycles. The van der Waals surface area contributed by atoms with Gasteiger partial charge < -0.3 is 19.9 Å². The first kappa shape index (κ1) is 23.0. The van der Waals surface area contributed by atoms with Gasteiger partial charge in [-0.2, -0.15) is 0 Å². The van der Waals surface area contributed by atoms with Crippen LogP contribution in [0.5, 0.6) is 11.5 Å². The topological polar surface area (TPSA) is 67.8 Å². The summed E-state index contributed by atoms with van der Waals surface area (Å²) in [7, 11) is 1.50. The van der Waals surface area contributed by atoms with Crippen molar-refractivity contribution in [2.45, 2.75) is 13.2 Å². The summed E-state index contributed by atoms with van der Waals surface area (Å²) >= 11 is 18.4. The van der Waals surface area contributed by atoms with Gasteiger partial charge in [-0.15, -0.1) is 0 Å². The van der Waals surface area contributed by atoms with E-state index in [-0.39, 0.29) is 22.2 Å². The maximum Gasteiger partial charge on any atom is 0.337 e. The van der Waals surface area contributed by atoms with Gasteiger partial charge in [0.25, 0.3) is 0 Å². The zero-order valence-corrected chi connectivity index (χ0v) is 18.5. The van der Waals surface area contributed by atoms with Gasteiger partial charge in [0.05, 0.1) is 22.7 Å². The van der Waals surface area contributed by atoms with Gasteiger partial charge in [-0.3, -0.25) is 0 Å². The molecule has 0 fully saturated rings. The molecule has 3 aromatic carbocycles. The van der Waals surface area contributed by atoms with E-state index in [1.807, 2.05) is 0 Å². The Morgan fingerprint density at radius 1 is 0.968 bits per heavy atom. The number of hydrogen-bond acceptors (Lipinski definition) is 4. The van der Waals surface area contributed by atoms with E-state index in [1.165, 1.54) is 31.4 Å². The number of hydrogen-bond donors (Lipinski definition) is 2. The van der Waals surface area contributed by atoms with E-state index in [1.54, 1.807) is 24.3 Å². The fourth-order valence-electron chi connectivity index (χ4n) is 2.78. The van der Waals surface area contributed by atoms with Gasteiger partial charge in [0, 0.05) is 28.9 Å². The molecule has 0 bridgehead atoms. The van der Waals surface area contributed by atoms with Crippen LogP contribution >= 0.6 is 34.8 Å². The molecule has 5 nitrogen and oxygen atoms in total. The second-order valence-corrected chi connectivity index (χ2v) is 7.69. The molecule has 0 aromatic heterocycles. The Morgan fingerprint density at radius 2 is 1.71 bits per heavy atom. The molecule has 0 aliphatic carbocycles. The first-order valence-electron chi connectivity index (χ1n) is 8.98. The Hall–Kier alpha value is -2.67. The lowest BCUT2D eigenvalue weighted by atomic mass is 10.1. The molecule has 3 aromatic rings. The van der Waals surface area contributed by atoms with Crippen molar-refractivity contribution in [3.63, 3.8) is 0 Å². The van der Waals surface area contributed by atoms with Crippen LogP contribution < -0.4 is 14.8 Å². The van der Waals surface area contributed by atoms with E-state index in [0.29, 0.717) is 34.3 Å². The third kappa shape index (κ3) is 5.73. The fraction of sp³-hybridized carbons (Fsp3) is 0.136. The highest BCUT2D eigenvalue weighted by molar-refractivity contribution is 6.33. The Kier molecular flexibility index (Phi) is 7.49. The van der Waals surface area contributed by atoms with Crippen LogP contribution in [0.1, 0.15) is 21.5 Å². The summed E-state index contributed by atoms with van der Waals surface area (Å²) in [5.74, 6) is -0.656. The molecule has 3 rings (SSSR count). The highest BCUT2D eigenvalue weighted by Gasteiger charge is 2.13. The van der Waals surface area contributed by atoms with Gasteiger partial charge in [-0.05, 0) is 42.0 Å². The van der Waals surface area contributed by atoms with E-state index < -0.39 is 11.8 Å². The van der Waals surface area contributed by atoms with Crippen molar-refractivity contribution in [3.05, 3.63) is 86.1 Å². The molecule has 2 N–H and O–H groups in total. The molecule has 0 aliphatic rings. The number of nitrogens with one attached hydrogen (secondary N) is 1. The third-order valence-corrected chi connectivity index (χ3v) is 5.43. The van der Waals surface area contributed by atoms with Gasteiger partial charge in [-0.25, -0.2) is 9.18 Å². The van der Waals surface area contributed by atoms with E-state index >= 15 is 0 Å². The van der Waals surface area contributed by atoms with Crippen molar-refractivity contribution in [2.24, 2.45) is 0 Å². The largest absolute Gasteiger partial charge is 0.493 e. The van der Waals surface area contributed by atoms with Crippen LogP contribution in [0.25, 0.3) is 0 Å². The van der Waals surface area contributed by atoms with Gasteiger partial charge >= 0.3 is 5.97 Å². The molecule has 162 valence electrons. The molecule has 9 heteroatoms. The minimum Gasteiger partial charge on any atom is -0.493 e. The maximum absolute atomic E-state index is 13.2. The average molecular weight is 485 g/mol. The van der Waals surface area contributed by atoms with Crippen molar-refractivity contribution < 1.29 is 23.8 Å². The molecular formula is C22H17Cl3FNO4. The predicted molar refractivity (Wildman–Crippen MR) is 119 cm³/mol. The number of carboxylic acids is 1. The summed E-state index contributed by atoms with van der Waals surface area (Å²) < 4.78 is 24.4. The Bertz CT molecular complexity index is 1120. The fourth-order valence-corrected chi connectivity index (χ4v) is 3.48. The van der Waals surface area contributed by atoms with E-state index in [2.05, 4.69) is 5.32 Å². The van der Waals surface area contributed by atoms with Crippen molar-refractivity contribution in [1.29, 1.82) is 0 Å². The molecule has 0 unspecified atom stereocenters. The Balaban J connectivity index is 1.73. The van der Waals surface area contributed by atoms with Gasteiger partial charge in [0.2, 0.25) is 0 Å². The highest BCUT2D eigenvalue weighted by Crippen LogP contribution is 2.35. The maximum atomic E-state index is 13.2. The summed E-state index contributed by atoms with van der Waals surface area (Å²) in [5, 5.41) is 13.0. The normalized spacial score (nSPS) is 10.6. The van der Waals surface area contributed by atoms with E-state index in [4.69, 9.17) is 49.4 Å². The summed E-state index contributed by atoms with van der Waals surface area (Å²) in [6.07, 6.45) is 0. The number of anilines is 1. The summed E-state index contributed by atoms with van der Waals surface area (Å²) in [6, 6.07) is 12.0. The lowest BCUT2D eigenvalue weighted by molar-refractivity contribution is 0.0697. The minimum atomic E-state index is -1.10. The minimum absolute atomic E-state index is 0.0228. The number of ether oxygens (including phenoxy) is 2. The lowest BCUT2D eigenvalue weighted by Gasteiger charge is -2.15. The quantitative estimate of drug-likeness (QED) is 0.373. The predicted octanol–water partition coefficient (Wildman–Crippen LogP) is 6.68. The van der Waals surface area contributed by atoms with Crippen LogP contribution in [-0.4, -0.2) is 18.2 Å². The molecule has 0 atom stereocenters. The van der Waals surface area contributed by atoms with Crippen LogP contribution in [-0.2, 0) is 13.2 Å². The first-order valence-corrected chi connectivity index (χ1v) is 10.1. The zero-order valence-electron chi connectivity index (χ0n) is 16.2. The average Bonchev–Trinajstić information content (AvgIpc) is 2.72. The number of aromatic carboxylic acids is 1. The third-order valence-electron chi connectivity index (χ3n) is 4.41. The molecule has 0 saturated heterocycles. The molecule has 0 heterocycles. The number of rotatable bonds is 8. The summed E-state index contributed by atoms with van der Waals surface area (Å²) in [5.41, 5.74) is 2.00. The second kappa shape index (κ2) is 10.1. The molecule has 31 heavy (non-hydrogen) atoms. The number of carbonyl (C=O) groups is 1. The van der Waals surface area contributed by atoms with E-state index in [0.717, 1.165) is 5.56 Å². The van der Waals surface area contributed by atoms with Crippen LogP contribution in [0.2, 0.25) is 15.1 Å². The van der Waals surface area contributed by atoms with Crippen molar-refractivity contribution in [3.8, 4) is 11.5 Å². The molecule has 0 spiro atoms. The SMILES string of the molecule is COc1cc(CNc2ccc(C(=O)O)c(Cl)c2)c(Cl)cc1OCc1ccc(F)cc1Cl. The number of methoxy groups -OCH3 is 1. The van der Waals surface area contributed by atoms with Crippen molar-refractivity contribution >= 4 is 46.5 Å². The zero-order chi connectivity index (χ0) is 22.5.